The number of fused-ring (bicyclic) bond motifs is 1. The minimum Gasteiger partial charge on any atom is -0.341 e. The second kappa shape index (κ2) is 5.72. The van der Waals surface area contributed by atoms with E-state index in [9.17, 15) is 0 Å². The second-order valence-electron chi connectivity index (χ2n) is 4.49. The molecule has 0 N–H and O–H groups in total. The van der Waals surface area contributed by atoms with E-state index in [-0.39, 0.29) is 0 Å². The van der Waals surface area contributed by atoms with Gasteiger partial charge in [-0.15, -0.1) is 0 Å². The lowest BCUT2D eigenvalue weighted by Gasteiger charge is -2.26. The second-order valence-corrected chi connectivity index (χ2v) is 4.49. The molecule has 1 nitrogen and oxygen atoms in total. The molecule has 0 aromatic heterocycles. The minimum atomic E-state index is 0.980. The van der Waals surface area contributed by atoms with Gasteiger partial charge >= 0.3 is 0 Å². The van der Waals surface area contributed by atoms with Crippen molar-refractivity contribution in [1.82, 2.24) is 0 Å². The molecule has 1 aromatic rings. The van der Waals surface area contributed by atoms with E-state index >= 15 is 0 Å². The van der Waals surface area contributed by atoms with Crippen LogP contribution in [-0.2, 0) is 6.42 Å². The summed E-state index contributed by atoms with van der Waals surface area (Å²) in [6.07, 6.45) is 8.47. The van der Waals surface area contributed by atoms with Crippen LogP contribution in [0.2, 0.25) is 0 Å². The van der Waals surface area contributed by atoms with E-state index in [4.69, 9.17) is 0 Å². The highest BCUT2D eigenvalue weighted by Gasteiger charge is 2.18. The maximum absolute atomic E-state index is 3.97. The Bertz CT molecular complexity index is 494. The summed E-state index contributed by atoms with van der Waals surface area (Å²) in [7, 11) is 0. The van der Waals surface area contributed by atoms with Crippen LogP contribution in [0, 0.1) is 0 Å². The first-order chi connectivity index (χ1) is 8.81. The number of rotatable bonds is 3. The predicted molar refractivity (Wildman–Crippen MR) is 79.8 cm³/mol. The van der Waals surface area contributed by atoms with Gasteiger partial charge in [-0.3, -0.25) is 0 Å². The summed E-state index contributed by atoms with van der Waals surface area (Å²) in [5, 5.41) is 0. The third-order valence-corrected chi connectivity index (χ3v) is 3.45. The monoisotopic (exact) mass is 239 g/mol. The van der Waals surface area contributed by atoms with E-state index in [1.807, 2.05) is 6.08 Å². The van der Waals surface area contributed by atoms with Gasteiger partial charge in [0.2, 0.25) is 0 Å². The maximum Gasteiger partial charge on any atom is 0.0443 e. The summed E-state index contributed by atoms with van der Waals surface area (Å²) in [4.78, 5) is 2.39. The number of anilines is 1. The van der Waals surface area contributed by atoms with Crippen molar-refractivity contribution in [2.75, 3.05) is 11.4 Å². The molecule has 1 heterocycles. The van der Waals surface area contributed by atoms with Gasteiger partial charge in [-0.1, -0.05) is 36.9 Å². The molecule has 0 aliphatic carbocycles. The van der Waals surface area contributed by atoms with Crippen LogP contribution in [0.15, 0.2) is 60.3 Å². The molecule has 0 saturated carbocycles. The van der Waals surface area contributed by atoms with Crippen molar-refractivity contribution in [2.45, 2.75) is 26.7 Å². The van der Waals surface area contributed by atoms with Crippen molar-refractivity contribution in [3.8, 4) is 0 Å². The lowest BCUT2D eigenvalue weighted by molar-refractivity contribution is 0.962. The fourth-order valence-corrected chi connectivity index (χ4v) is 2.59. The molecule has 0 unspecified atom stereocenters. The molecule has 0 radical (unpaired) electrons. The van der Waals surface area contributed by atoms with E-state index in [0.717, 1.165) is 19.4 Å². The lowest BCUT2D eigenvalue weighted by atomic mass is 10.0. The molecule has 18 heavy (non-hydrogen) atoms. The summed E-state index contributed by atoms with van der Waals surface area (Å²) in [5.74, 6) is 0. The predicted octanol–water partition coefficient (Wildman–Crippen LogP) is 4.48. The van der Waals surface area contributed by atoms with Gasteiger partial charge < -0.3 is 4.90 Å². The zero-order chi connectivity index (χ0) is 13.0. The smallest absolute Gasteiger partial charge is 0.0443 e. The Morgan fingerprint density at radius 2 is 2.06 bits per heavy atom. The van der Waals surface area contributed by atoms with E-state index in [1.165, 1.54) is 22.5 Å². The summed E-state index contributed by atoms with van der Waals surface area (Å²) >= 11 is 0. The van der Waals surface area contributed by atoms with Crippen molar-refractivity contribution in [1.29, 1.82) is 0 Å². The molecule has 1 aliphatic rings. The van der Waals surface area contributed by atoms with Gasteiger partial charge in [-0.25, -0.2) is 0 Å². The summed E-state index contributed by atoms with van der Waals surface area (Å²) in [6, 6.07) is 8.69. The molecule has 0 bridgehead atoms. The molecule has 1 heteroatoms. The molecule has 2 rings (SSSR count). The Labute approximate surface area is 110 Å². The lowest BCUT2D eigenvalue weighted by Crippen LogP contribution is -2.22. The summed E-state index contributed by atoms with van der Waals surface area (Å²) in [5.41, 5.74) is 5.40. The molecule has 0 amide bonds. The SMILES string of the molecule is C=CC1=C(/C=C\C)N(CC)c2ccccc2CC1. The molecular formula is C17H21N. The van der Waals surface area contributed by atoms with Crippen molar-refractivity contribution < 1.29 is 0 Å². The molecular weight excluding hydrogens is 218 g/mol. The van der Waals surface area contributed by atoms with E-state index in [0.29, 0.717) is 0 Å². The number of benzene rings is 1. The molecule has 94 valence electrons. The van der Waals surface area contributed by atoms with Crippen molar-refractivity contribution in [3.05, 3.63) is 65.9 Å². The third-order valence-electron chi connectivity index (χ3n) is 3.45. The van der Waals surface area contributed by atoms with E-state index < -0.39 is 0 Å². The number of allylic oxidation sites excluding steroid dienone is 4. The van der Waals surface area contributed by atoms with E-state index in [2.05, 4.69) is 61.7 Å². The Morgan fingerprint density at radius 1 is 1.28 bits per heavy atom. The molecule has 0 atom stereocenters. The van der Waals surface area contributed by atoms with Crippen LogP contribution in [0.3, 0.4) is 0 Å². The van der Waals surface area contributed by atoms with Gasteiger partial charge in [0.15, 0.2) is 0 Å². The average Bonchev–Trinajstić information content (AvgIpc) is 2.55. The summed E-state index contributed by atoms with van der Waals surface area (Å²) < 4.78 is 0. The number of nitrogens with zero attached hydrogens (tertiary/aromatic N) is 1. The quantitative estimate of drug-likeness (QED) is 0.752. The first kappa shape index (κ1) is 12.7. The van der Waals surface area contributed by atoms with Crippen molar-refractivity contribution >= 4 is 5.69 Å². The number of hydrogen-bond donors (Lipinski definition) is 0. The Kier molecular flexibility index (Phi) is 4.03. The number of aryl methyl sites for hydroxylation is 1. The van der Waals surface area contributed by atoms with Crippen LogP contribution in [0.25, 0.3) is 0 Å². The van der Waals surface area contributed by atoms with Crippen molar-refractivity contribution in [2.24, 2.45) is 0 Å². The third kappa shape index (κ3) is 2.26. The average molecular weight is 239 g/mol. The highest BCUT2D eigenvalue weighted by atomic mass is 15.1. The maximum atomic E-state index is 3.97. The topological polar surface area (TPSA) is 3.24 Å². The molecule has 0 saturated heterocycles. The number of likely N-dealkylation sites (N-methyl/N-ethyl adjacent to an activating group) is 1. The fraction of sp³-hybridized carbons (Fsp3) is 0.294. The van der Waals surface area contributed by atoms with Gasteiger partial charge in [-0.05, 0) is 50.0 Å². The minimum absolute atomic E-state index is 0.980. The first-order valence-corrected chi connectivity index (χ1v) is 6.65. The largest absolute Gasteiger partial charge is 0.341 e. The van der Waals surface area contributed by atoms with Gasteiger partial charge in [-0.2, -0.15) is 0 Å². The van der Waals surface area contributed by atoms with Crippen LogP contribution >= 0.6 is 0 Å². The van der Waals surface area contributed by atoms with Crippen LogP contribution in [-0.4, -0.2) is 6.54 Å². The van der Waals surface area contributed by atoms with Crippen LogP contribution in [0.1, 0.15) is 25.8 Å². The van der Waals surface area contributed by atoms with Gasteiger partial charge in [0.05, 0.1) is 0 Å². The Hall–Kier alpha value is -1.76. The molecule has 1 aromatic carbocycles. The fourth-order valence-electron chi connectivity index (χ4n) is 2.59. The standard InChI is InChI=1S/C17H21N/c1-4-9-16-14(5-2)12-13-15-10-7-8-11-17(15)18(16)6-3/h4-5,7-11H,2,6,12-13H2,1,3H3/b9-4-. The van der Waals surface area contributed by atoms with Crippen LogP contribution in [0.5, 0.6) is 0 Å². The van der Waals surface area contributed by atoms with Crippen LogP contribution in [0.4, 0.5) is 5.69 Å². The van der Waals surface area contributed by atoms with Gasteiger partial charge in [0.25, 0.3) is 0 Å². The molecule has 1 aliphatic heterocycles. The highest BCUT2D eigenvalue weighted by molar-refractivity contribution is 5.63. The molecule has 0 fully saturated rings. The molecule has 0 spiro atoms. The summed E-state index contributed by atoms with van der Waals surface area (Å²) in [6.45, 7) is 9.22. The van der Waals surface area contributed by atoms with Crippen LogP contribution < -0.4 is 4.90 Å². The first-order valence-electron chi connectivity index (χ1n) is 6.65. The zero-order valence-corrected chi connectivity index (χ0v) is 11.3. The number of para-hydroxylation sites is 1. The number of hydrogen-bond acceptors (Lipinski definition) is 1. The van der Waals surface area contributed by atoms with Crippen molar-refractivity contribution in [3.63, 3.8) is 0 Å². The van der Waals surface area contributed by atoms with E-state index in [1.54, 1.807) is 0 Å². The Morgan fingerprint density at radius 3 is 2.72 bits per heavy atom. The normalized spacial score (nSPS) is 15.8. The van der Waals surface area contributed by atoms with Gasteiger partial charge in [0, 0.05) is 17.9 Å². The zero-order valence-electron chi connectivity index (χ0n) is 11.3. The Balaban J connectivity index is 2.57. The van der Waals surface area contributed by atoms with Gasteiger partial charge in [0.1, 0.15) is 0 Å². The highest BCUT2D eigenvalue weighted by Crippen LogP contribution is 2.32.